The van der Waals surface area contributed by atoms with Crippen LogP contribution in [0.25, 0.3) is 0 Å². The molecule has 0 aliphatic carbocycles. The topological polar surface area (TPSA) is 52.7 Å². The molecule has 2 bridgehead atoms. The van der Waals surface area contributed by atoms with Gasteiger partial charge in [0.25, 0.3) is 0 Å². The van der Waals surface area contributed by atoms with Gasteiger partial charge in [0.05, 0.1) is 0 Å². The lowest BCUT2D eigenvalue weighted by atomic mass is 9.88. The van der Waals surface area contributed by atoms with Crippen molar-refractivity contribution in [1.29, 1.82) is 0 Å². The summed E-state index contributed by atoms with van der Waals surface area (Å²) in [4.78, 5) is 28.8. The fourth-order valence-corrected chi connectivity index (χ4v) is 5.45. The van der Waals surface area contributed by atoms with E-state index in [1.165, 1.54) is 25.7 Å². The molecular formula is C20H33N3O2. The number of amides is 2. The SMILES string of the molecule is O=C(CC1CC2CCC(C1)N2)N1CCC(CN2CCCCC2=O)CC1. The Bertz CT molecular complexity index is 489. The lowest BCUT2D eigenvalue weighted by Crippen LogP contribution is -2.45. The van der Waals surface area contributed by atoms with Crippen LogP contribution in [0.15, 0.2) is 0 Å². The Morgan fingerprint density at radius 2 is 1.68 bits per heavy atom. The Balaban J connectivity index is 1.20. The van der Waals surface area contributed by atoms with Crippen LogP contribution in [-0.4, -0.2) is 59.9 Å². The molecule has 0 radical (unpaired) electrons. The fraction of sp³-hybridized carbons (Fsp3) is 0.900. The zero-order valence-corrected chi connectivity index (χ0v) is 15.4. The largest absolute Gasteiger partial charge is 0.343 e. The van der Waals surface area contributed by atoms with E-state index in [4.69, 9.17) is 0 Å². The third-order valence-corrected chi connectivity index (χ3v) is 6.90. The summed E-state index contributed by atoms with van der Waals surface area (Å²) in [5.74, 6) is 1.89. The number of nitrogens with zero attached hydrogens (tertiary/aromatic N) is 2. The van der Waals surface area contributed by atoms with Crippen molar-refractivity contribution in [3.8, 4) is 0 Å². The molecule has 25 heavy (non-hydrogen) atoms. The number of piperidine rings is 3. The quantitative estimate of drug-likeness (QED) is 0.848. The second kappa shape index (κ2) is 7.65. The van der Waals surface area contributed by atoms with Gasteiger partial charge >= 0.3 is 0 Å². The van der Waals surface area contributed by atoms with Crippen LogP contribution >= 0.6 is 0 Å². The summed E-state index contributed by atoms with van der Waals surface area (Å²) in [6, 6.07) is 1.34. The van der Waals surface area contributed by atoms with Crippen LogP contribution in [-0.2, 0) is 9.59 Å². The molecule has 0 spiro atoms. The molecule has 4 saturated heterocycles. The van der Waals surface area contributed by atoms with E-state index in [-0.39, 0.29) is 0 Å². The van der Waals surface area contributed by atoms with E-state index in [1.54, 1.807) is 0 Å². The van der Waals surface area contributed by atoms with Crippen LogP contribution in [0.3, 0.4) is 0 Å². The van der Waals surface area contributed by atoms with Gasteiger partial charge in [0.1, 0.15) is 0 Å². The van der Waals surface area contributed by atoms with Gasteiger partial charge in [-0.15, -0.1) is 0 Å². The van der Waals surface area contributed by atoms with E-state index in [2.05, 4.69) is 15.1 Å². The zero-order chi connectivity index (χ0) is 17.2. The maximum atomic E-state index is 12.7. The highest BCUT2D eigenvalue weighted by molar-refractivity contribution is 5.77. The number of likely N-dealkylation sites (tertiary alicyclic amines) is 2. The first-order valence-corrected chi connectivity index (χ1v) is 10.5. The molecular weight excluding hydrogens is 314 g/mol. The first kappa shape index (κ1) is 17.3. The van der Waals surface area contributed by atoms with Crippen LogP contribution in [0.5, 0.6) is 0 Å². The second-order valence-electron chi connectivity index (χ2n) is 8.80. The summed E-state index contributed by atoms with van der Waals surface area (Å²) in [6.07, 6.45) is 10.8. The van der Waals surface area contributed by atoms with Crippen molar-refractivity contribution >= 4 is 11.8 Å². The van der Waals surface area contributed by atoms with Gasteiger partial charge in [-0.3, -0.25) is 9.59 Å². The van der Waals surface area contributed by atoms with Gasteiger partial charge in [0.15, 0.2) is 0 Å². The molecule has 2 amide bonds. The van der Waals surface area contributed by atoms with Crippen molar-refractivity contribution in [3.63, 3.8) is 0 Å². The average molecular weight is 348 g/mol. The predicted octanol–water partition coefficient (Wildman–Crippen LogP) is 2.16. The molecule has 4 aliphatic rings. The fourth-order valence-electron chi connectivity index (χ4n) is 5.45. The minimum Gasteiger partial charge on any atom is -0.343 e. The predicted molar refractivity (Wildman–Crippen MR) is 97.0 cm³/mol. The number of rotatable bonds is 4. The minimum absolute atomic E-state index is 0.338. The van der Waals surface area contributed by atoms with Crippen molar-refractivity contribution < 1.29 is 9.59 Å². The molecule has 4 heterocycles. The highest BCUT2D eigenvalue weighted by Crippen LogP contribution is 2.33. The maximum Gasteiger partial charge on any atom is 0.222 e. The molecule has 4 rings (SSSR count). The van der Waals surface area contributed by atoms with Gasteiger partial charge in [-0.1, -0.05) is 0 Å². The summed E-state index contributed by atoms with van der Waals surface area (Å²) in [7, 11) is 0. The van der Waals surface area contributed by atoms with E-state index >= 15 is 0 Å². The van der Waals surface area contributed by atoms with E-state index in [9.17, 15) is 9.59 Å². The number of hydrogen-bond donors (Lipinski definition) is 1. The molecule has 5 nitrogen and oxygen atoms in total. The standard InChI is InChI=1S/C20H33N3O2/c24-19-3-1-2-8-23(19)14-15-6-9-22(10-7-15)20(25)13-16-11-17-4-5-18(12-16)21-17/h15-18,21H,1-14H2. The van der Waals surface area contributed by atoms with Crippen LogP contribution in [0, 0.1) is 11.8 Å². The first-order valence-electron chi connectivity index (χ1n) is 10.5. The summed E-state index contributed by atoms with van der Waals surface area (Å²) in [6.45, 7) is 3.64. The number of nitrogens with one attached hydrogen (secondary N) is 1. The number of carbonyl (C=O) groups is 2. The Morgan fingerprint density at radius 3 is 2.36 bits per heavy atom. The molecule has 5 heteroatoms. The van der Waals surface area contributed by atoms with Gasteiger partial charge in [-0.2, -0.15) is 0 Å². The maximum absolute atomic E-state index is 12.7. The Labute approximate surface area is 151 Å². The Morgan fingerprint density at radius 1 is 0.960 bits per heavy atom. The normalized spacial score (nSPS) is 33.8. The van der Waals surface area contributed by atoms with Gasteiger partial charge in [0.2, 0.25) is 11.8 Å². The number of carbonyl (C=O) groups excluding carboxylic acids is 2. The van der Waals surface area contributed by atoms with Crippen molar-refractivity contribution in [1.82, 2.24) is 15.1 Å². The average Bonchev–Trinajstić information content (AvgIpc) is 2.96. The van der Waals surface area contributed by atoms with Crippen LogP contribution < -0.4 is 5.32 Å². The van der Waals surface area contributed by atoms with Crippen molar-refractivity contribution in [3.05, 3.63) is 0 Å². The summed E-state index contributed by atoms with van der Waals surface area (Å²) < 4.78 is 0. The summed E-state index contributed by atoms with van der Waals surface area (Å²) >= 11 is 0. The van der Waals surface area contributed by atoms with Crippen LogP contribution in [0.4, 0.5) is 0 Å². The monoisotopic (exact) mass is 347 g/mol. The second-order valence-corrected chi connectivity index (χ2v) is 8.80. The minimum atomic E-state index is 0.338. The highest BCUT2D eigenvalue weighted by Gasteiger charge is 2.35. The molecule has 0 aromatic heterocycles. The molecule has 2 atom stereocenters. The Hall–Kier alpha value is -1.10. The first-order chi connectivity index (χ1) is 12.2. The third-order valence-electron chi connectivity index (χ3n) is 6.90. The Kier molecular flexibility index (Phi) is 5.30. The number of hydrogen-bond acceptors (Lipinski definition) is 3. The van der Waals surface area contributed by atoms with Crippen LogP contribution in [0.2, 0.25) is 0 Å². The molecule has 1 N–H and O–H groups in total. The molecule has 140 valence electrons. The van der Waals surface area contributed by atoms with Crippen molar-refractivity contribution in [2.45, 2.75) is 76.3 Å². The smallest absolute Gasteiger partial charge is 0.222 e. The summed E-state index contributed by atoms with van der Waals surface area (Å²) in [5, 5.41) is 3.66. The summed E-state index contributed by atoms with van der Waals surface area (Å²) in [5.41, 5.74) is 0. The van der Waals surface area contributed by atoms with Crippen LogP contribution in [0.1, 0.15) is 64.2 Å². The molecule has 0 saturated carbocycles. The van der Waals surface area contributed by atoms with Gasteiger partial charge < -0.3 is 15.1 Å². The molecule has 0 aromatic carbocycles. The molecule has 4 fully saturated rings. The molecule has 4 aliphatic heterocycles. The van der Waals surface area contributed by atoms with E-state index in [0.29, 0.717) is 35.7 Å². The zero-order valence-electron chi connectivity index (χ0n) is 15.4. The van der Waals surface area contributed by atoms with Gasteiger partial charge in [-0.25, -0.2) is 0 Å². The van der Waals surface area contributed by atoms with Gasteiger partial charge in [-0.05, 0) is 63.2 Å². The van der Waals surface area contributed by atoms with Crippen molar-refractivity contribution in [2.75, 3.05) is 26.2 Å². The number of fused-ring (bicyclic) bond motifs is 2. The molecule has 0 aromatic rings. The lowest BCUT2D eigenvalue weighted by molar-refractivity contribution is -0.136. The molecule has 2 unspecified atom stereocenters. The highest BCUT2D eigenvalue weighted by atomic mass is 16.2. The lowest BCUT2D eigenvalue weighted by Gasteiger charge is -2.37. The van der Waals surface area contributed by atoms with E-state index < -0.39 is 0 Å². The van der Waals surface area contributed by atoms with Crippen molar-refractivity contribution in [2.24, 2.45) is 11.8 Å². The van der Waals surface area contributed by atoms with E-state index in [0.717, 1.165) is 64.7 Å². The van der Waals surface area contributed by atoms with Gasteiger partial charge in [0, 0.05) is 51.1 Å². The third kappa shape index (κ3) is 4.18. The van der Waals surface area contributed by atoms with E-state index in [1.807, 2.05) is 0 Å².